The number of hydrogen-bond donors (Lipinski definition) is 1. The fourth-order valence-corrected chi connectivity index (χ4v) is 1.95. The van der Waals surface area contributed by atoms with Gasteiger partial charge in [0.15, 0.2) is 5.43 Å². The van der Waals surface area contributed by atoms with Crippen LogP contribution in [0.5, 0.6) is 0 Å². The summed E-state index contributed by atoms with van der Waals surface area (Å²) in [6.45, 7) is 0. The van der Waals surface area contributed by atoms with E-state index in [0.29, 0.717) is 0 Å². The minimum Gasteiger partial charge on any atom is -0.361 e. The van der Waals surface area contributed by atoms with Gasteiger partial charge in [0.1, 0.15) is 0 Å². The molecular formula is C13H9NOZn+2. The molecule has 2 aromatic carbocycles. The Bertz CT molecular complexity index is 703. The van der Waals surface area contributed by atoms with Gasteiger partial charge in [-0.05, 0) is 16.8 Å². The maximum absolute atomic E-state index is 11.8. The Labute approximate surface area is 105 Å². The van der Waals surface area contributed by atoms with Crippen molar-refractivity contribution in [3.8, 4) is 0 Å². The molecule has 0 aliphatic heterocycles. The number of aromatic nitrogens is 1. The van der Waals surface area contributed by atoms with Crippen LogP contribution >= 0.6 is 0 Å². The van der Waals surface area contributed by atoms with Gasteiger partial charge in [-0.25, -0.2) is 0 Å². The Balaban J connectivity index is 0.000000963. The molecule has 0 unspecified atom stereocenters. The predicted octanol–water partition coefficient (Wildman–Crippen LogP) is 2.68. The molecule has 0 saturated carbocycles. The first-order chi connectivity index (χ1) is 7.36. The minimum atomic E-state index is 0. The third-order valence-corrected chi connectivity index (χ3v) is 2.65. The van der Waals surface area contributed by atoms with E-state index in [2.05, 4.69) is 4.98 Å². The fourth-order valence-electron chi connectivity index (χ4n) is 1.95. The number of hydrogen-bond acceptors (Lipinski definition) is 1. The number of rotatable bonds is 0. The number of fused-ring (bicyclic) bond motifs is 3. The fraction of sp³-hybridized carbons (Fsp3) is 0. The van der Waals surface area contributed by atoms with Gasteiger partial charge in [-0.15, -0.1) is 0 Å². The van der Waals surface area contributed by atoms with Crippen molar-refractivity contribution < 1.29 is 19.5 Å². The van der Waals surface area contributed by atoms with Gasteiger partial charge in [0.05, 0.1) is 5.39 Å². The number of H-pyrrole nitrogens is 1. The van der Waals surface area contributed by atoms with Gasteiger partial charge in [-0.3, -0.25) is 4.79 Å². The van der Waals surface area contributed by atoms with Crippen molar-refractivity contribution >= 4 is 21.7 Å². The molecule has 1 aromatic heterocycles. The molecule has 0 amide bonds. The zero-order valence-corrected chi connectivity index (χ0v) is 11.7. The van der Waals surface area contributed by atoms with E-state index in [9.17, 15) is 4.79 Å². The van der Waals surface area contributed by atoms with Crippen molar-refractivity contribution in [2.45, 2.75) is 0 Å². The molecule has 0 spiro atoms. The molecule has 0 atom stereocenters. The summed E-state index contributed by atoms with van der Waals surface area (Å²) >= 11 is 0. The van der Waals surface area contributed by atoms with E-state index in [1.54, 1.807) is 12.3 Å². The average Bonchev–Trinajstić information content (AvgIpc) is 2.29. The molecule has 0 saturated heterocycles. The third kappa shape index (κ3) is 1.58. The van der Waals surface area contributed by atoms with E-state index in [1.807, 2.05) is 36.4 Å². The molecule has 3 rings (SSSR count). The van der Waals surface area contributed by atoms with Crippen LogP contribution in [0.25, 0.3) is 21.7 Å². The molecule has 0 aliphatic carbocycles. The summed E-state index contributed by atoms with van der Waals surface area (Å²) < 4.78 is 0. The number of pyridine rings is 1. The maximum Gasteiger partial charge on any atom is 2.00 e. The Morgan fingerprint density at radius 1 is 0.938 bits per heavy atom. The molecule has 0 aliphatic rings. The quantitative estimate of drug-likeness (QED) is 0.489. The smallest absolute Gasteiger partial charge is 0.361 e. The van der Waals surface area contributed by atoms with E-state index >= 15 is 0 Å². The molecule has 1 N–H and O–H groups in total. The predicted molar refractivity (Wildman–Crippen MR) is 62.1 cm³/mol. The van der Waals surface area contributed by atoms with Crippen LogP contribution in [0.4, 0.5) is 0 Å². The van der Waals surface area contributed by atoms with E-state index < -0.39 is 0 Å². The van der Waals surface area contributed by atoms with Gasteiger partial charge >= 0.3 is 19.5 Å². The van der Waals surface area contributed by atoms with Crippen LogP contribution < -0.4 is 5.43 Å². The van der Waals surface area contributed by atoms with Crippen LogP contribution in [-0.2, 0) is 19.5 Å². The van der Waals surface area contributed by atoms with Crippen molar-refractivity contribution in [2.24, 2.45) is 0 Å². The molecule has 3 heteroatoms. The molecule has 2 nitrogen and oxygen atoms in total. The molecule has 0 bridgehead atoms. The first-order valence-electron chi connectivity index (χ1n) is 4.85. The molecular weight excluding hydrogens is 252 g/mol. The second-order valence-corrected chi connectivity index (χ2v) is 3.55. The summed E-state index contributed by atoms with van der Waals surface area (Å²) in [6.07, 6.45) is 1.68. The first kappa shape index (κ1) is 11.0. The molecule has 3 aromatic rings. The average molecular weight is 261 g/mol. The summed E-state index contributed by atoms with van der Waals surface area (Å²) in [5, 5.41) is 2.88. The van der Waals surface area contributed by atoms with Crippen LogP contribution in [0.2, 0.25) is 0 Å². The second kappa shape index (κ2) is 4.19. The van der Waals surface area contributed by atoms with Crippen LogP contribution in [-0.4, -0.2) is 4.98 Å². The Morgan fingerprint density at radius 2 is 1.75 bits per heavy atom. The van der Waals surface area contributed by atoms with Gasteiger partial charge in [0.2, 0.25) is 0 Å². The normalized spacial score (nSPS) is 10.2. The van der Waals surface area contributed by atoms with Crippen LogP contribution in [0.3, 0.4) is 0 Å². The monoisotopic (exact) mass is 259 g/mol. The van der Waals surface area contributed by atoms with Crippen molar-refractivity contribution in [1.82, 2.24) is 4.98 Å². The van der Waals surface area contributed by atoms with Gasteiger partial charge in [-0.2, -0.15) is 0 Å². The van der Waals surface area contributed by atoms with Crippen LogP contribution in [0.15, 0.2) is 53.5 Å². The van der Waals surface area contributed by atoms with Crippen molar-refractivity contribution in [3.05, 3.63) is 58.9 Å². The first-order valence-corrected chi connectivity index (χ1v) is 4.85. The van der Waals surface area contributed by atoms with Crippen molar-refractivity contribution in [1.29, 1.82) is 0 Å². The van der Waals surface area contributed by atoms with Gasteiger partial charge < -0.3 is 4.98 Å². The zero-order chi connectivity index (χ0) is 10.3. The third-order valence-electron chi connectivity index (χ3n) is 2.65. The summed E-state index contributed by atoms with van der Waals surface area (Å²) in [4.78, 5) is 14.9. The topological polar surface area (TPSA) is 32.9 Å². The Morgan fingerprint density at radius 3 is 2.62 bits per heavy atom. The molecule has 0 fully saturated rings. The zero-order valence-electron chi connectivity index (χ0n) is 8.73. The number of aromatic amines is 1. The molecule has 1 heterocycles. The van der Waals surface area contributed by atoms with E-state index in [4.69, 9.17) is 0 Å². The summed E-state index contributed by atoms with van der Waals surface area (Å²) in [5.41, 5.74) is 0.960. The van der Waals surface area contributed by atoms with Gasteiger partial charge in [-0.1, -0.05) is 30.3 Å². The van der Waals surface area contributed by atoms with Crippen LogP contribution in [0, 0.1) is 0 Å². The standard InChI is InChI=1S/C13H9NO.Zn/c15-12-7-8-14-11-6-5-9-3-1-2-4-10(9)13(11)12;/h1-8H,(H,14,15);/q;+2. The van der Waals surface area contributed by atoms with Gasteiger partial charge in [0.25, 0.3) is 0 Å². The van der Waals surface area contributed by atoms with E-state index in [0.717, 1.165) is 21.7 Å². The van der Waals surface area contributed by atoms with Crippen molar-refractivity contribution in [2.75, 3.05) is 0 Å². The van der Waals surface area contributed by atoms with Crippen LogP contribution in [0.1, 0.15) is 0 Å². The Kier molecular flexibility index (Phi) is 2.89. The van der Waals surface area contributed by atoms with Crippen molar-refractivity contribution in [3.63, 3.8) is 0 Å². The second-order valence-electron chi connectivity index (χ2n) is 3.55. The summed E-state index contributed by atoms with van der Waals surface area (Å²) in [6, 6.07) is 13.5. The number of nitrogens with one attached hydrogen (secondary N) is 1. The summed E-state index contributed by atoms with van der Waals surface area (Å²) in [5.74, 6) is 0. The summed E-state index contributed by atoms with van der Waals surface area (Å²) in [7, 11) is 0. The molecule has 0 radical (unpaired) electrons. The SMILES string of the molecule is O=c1cc[nH]c2ccc3ccccc3c12.[Zn+2]. The molecule has 16 heavy (non-hydrogen) atoms. The molecule has 72 valence electrons. The Hall–Kier alpha value is -1.47. The largest absolute Gasteiger partial charge is 2.00 e. The van der Waals surface area contributed by atoms with E-state index in [-0.39, 0.29) is 24.9 Å². The van der Waals surface area contributed by atoms with E-state index in [1.165, 1.54) is 0 Å². The van der Waals surface area contributed by atoms with Gasteiger partial charge in [0, 0.05) is 17.8 Å². The maximum atomic E-state index is 11.8. The minimum absolute atomic E-state index is 0. The number of benzene rings is 2.